The highest BCUT2D eigenvalue weighted by atomic mass is 15.1. The lowest BCUT2D eigenvalue weighted by molar-refractivity contribution is 0.946. The third kappa shape index (κ3) is 3.90. The Morgan fingerprint density at radius 2 is 1.74 bits per heavy atom. The molecule has 0 aliphatic heterocycles. The minimum absolute atomic E-state index is 0.364. The van der Waals surface area contributed by atoms with Crippen LogP contribution in [0, 0.1) is 40.9 Å². The highest BCUT2D eigenvalue weighted by Gasteiger charge is 2.17. The lowest BCUT2D eigenvalue weighted by atomic mass is 9.94. The van der Waals surface area contributed by atoms with Crippen LogP contribution in [0.1, 0.15) is 33.9 Å². The van der Waals surface area contributed by atoms with Crippen LogP contribution in [0.3, 0.4) is 0 Å². The van der Waals surface area contributed by atoms with Gasteiger partial charge in [0.15, 0.2) is 0 Å². The summed E-state index contributed by atoms with van der Waals surface area (Å²) >= 11 is 0. The predicted octanol–water partition coefficient (Wildman–Crippen LogP) is 3.93. The van der Waals surface area contributed by atoms with Gasteiger partial charge in [-0.1, -0.05) is 12.1 Å². The molecule has 0 aliphatic rings. The number of nitrogens with zero attached hydrogens (tertiary/aromatic N) is 5. The number of nitriles is 3. The number of nitrogens with one attached hydrogen (secondary N) is 1. The molecule has 0 saturated heterocycles. The molecule has 1 atom stereocenters. The van der Waals surface area contributed by atoms with Gasteiger partial charge in [0, 0.05) is 11.9 Å². The molecule has 0 amide bonds. The zero-order chi connectivity index (χ0) is 19.2. The van der Waals surface area contributed by atoms with Gasteiger partial charge in [-0.3, -0.25) is 0 Å². The summed E-state index contributed by atoms with van der Waals surface area (Å²) in [6, 6.07) is 20.4. The van der Waals surface area contributed by atoms with E-state index in [2.05, 4.69) is 33.5 Å². The molecule has 1 heterocycles. The Bertz CT molecular complexity index is 1100. The molecular formula is C21H14N6. The normalized spacial score (nSPS) is 10.9. The van der Waals surface area contributed by atoms with E-state index < -0.39 is 5.92 Å². The van der Waals surface area contributed by atoms with Crippen molar-refractivity contribution in [1.82, 2.24) is 9.97 Å². The first kappa shape index (κ1) is 17.6. The molecule has 2 aromatic carbocycles. The number of aromatic nitrogens is 2. The van der Waals surface area contributed by atoms with Gasteiger partial charge in [0.25, 0.3) is 0 Å². The highest BCUT2D eigenvalue weighted by molar-refractivity contribution is 5.55. The van der Waals surface area contributed by atoms with Gasteiger partial charge in [-0.05, 0) is 54.4 Å². The lowest BCUT2D eigenvalue weighted by Crippen LogP contribution is -2.05. The van der Waals surface area contributed by atoms with Gasteiger partial charge >= 0.3 is 0 Å². The van der Waals surface area contributed by atoms with Crippen LogP contribution in [-0.4, -0.2) is 9.97 Å². The third-order valence-corrected chi connectivity index (χ3v) is 4.08. The van der Waals surface area contributed by atoms with E-state index in [4.69, 9.17) is 10.5 Å². The number of aryl methyl sites for hydroxylation is 1. The molecule has 0 saturated carbocycles. The second-order valence-corrected chi connectivity index (χ2v) is 5.87. The number of rotatable bonds is 4. The molecule has 0 radical (unpaired) electrons. The molecular weight excluding hydrogens is 336 g/mol. The average Bonchev–Trinajstić information content (AvgIpc) is 2.70. The van der Waals surface area contributed by atoms with Crippen molar-refractivity contribution >= 4 is 11.6 Å². The van der Waals surface area contributed by atoms with Gasteiger partial charge in [-0.15, -0.1) is 0 Å². The maximum Gasteiger partial charge on any atom is 0.227 e. The number of benzene rings is 2. The molecule has 27 heavy (non-hydrogen) atoms. The molecule has 1 unspecified atom stereocenters. The van der Waals surface area contributed by atoms with Crippen molar-refractivity contribution < 1.29 is 0 Å². The third-order valence-electron chi connectivity index (χ3n) is 4.08. The van der Waals surface area contributed by atoms with E-state index in [1.54, 1.807) is 48.7 Å². The van der Waals surface area contributed by atoms with Gasteiger partial charge in [-0.25, -0.2) is 9.97 Å². The van der Waals surface area contributed by atoms with Crippen LogP contribution in [0.4, 0.5) is 11.6 Å². The Hall–Kier alpha value is -4.21. The van der Waals surface area contributed by atoms with Crippen molar-refractivity contribution in [3.05, 3.63) is 82.7 Å². The van der Waals surface area contributed by atoms with Crippen LogP contribution < -0.4 is 5.32 Å². The van der Waals surface area contributed by atoms with E-state index >= 15 is 0 Å². The Kier molecular flexibility index (Phi) is 5.07. The molecule has 6 nitrogen and oxygen atoms in total. The van der Waals surface area contributed by atoms with E-state index in [0.29, 0.717) is 22.8 Å². The second kappa shape index (κ2) is 7.78. The maximum atomic E-state index is 9.66. The second-order valence-electron chi connectivity index (χ2n) is 5.87. The zero-order valence-corrected chi connectivity index (χ0v) is 14.5. The van der Waals surface area contributed by atoms with Crippen LogP contribution in [0.2, 0.25) is 0 Å². The van der Waals surface area contributed by atoms with Crippen molar-refractivity contribution in [2.75, 3.05) is 5.32 Å². The van der Waals surface area contributed by atoms with Gasteiger partial charge in [0.05, 0.1) is 35.0 Å². The quantitative estimate of drug-likeness (QED) is 0.763. The largest absolute Gasteiger partial charge is 0.324 e. The van der Waals surface area contributed by atoms with Gasteiger partial charge in [0.2, 0.25) is 5.95 Å². The smallest absolute Gasteiger partial charge is 0.227 e. The van der Waals surface area contributed by atoms with E-state index in [0.717, 1.165) is 16.8 Å². The summed E-state index contributed by atoms with van der Waals surface area (Å²) < 4.78 is 0. The molecule has 0 fully saturated rings. The van der Waals surface area contributed by atoms with Crippen LogP contribution >= 0.6 is 0 Å². The average molecular weight is 350 g/mol. The molecule has 3 rings (SSSR count). The van der Waals surface area contributed by atoms with Crippen LogP contribution in [-0.2, 0) is 0 Å². The van der Waals surface area contributed by atoms with E-state index in [1.165, 1.54) is 0 Å². The van der Waals surface area contributed by atoms with Crippen molar-refractivity contribution in [1.29, 1.82) is 15.8 Å². The molecule has 1 N–H and O–H groups in total. The van der Waals surface area contributed by atoms with Gasteiger partial charge in [0.1, 0.15) is 5.92 Å². The molecule has 0 bridgehead atoms. The van der Waals surface area contributed by atoms with Crippen molar-refractivity contribution in [3.8, 4) is 18.2 Å². The Labute approximate surface area is 157 Å². The summed E-state index contributed by atoms with van der Waals surface area (Å²) in [6.07, 6.45) is 1.59. The van der Waals surface area contributed by atoms with Crippen molar-refractivity contribution in [3.63, 3.8) is 0 Å². The highest BCUT2D eigenvalue weighted by Crippen LogP contribution is 2.25. The molecule has 0 spiro atoms. The number of hydrogen-bond donors (Lipinski definition) is 1. The minimum Gasteiger partial charge on any atom is -0.324 e. The number of hydrogen-bond acceptors (Lipinski definition) is 6. The van der Waals surface area contributed by atoms with Crippen LogP contribution in [0.5, 0.6) is 0 Å². The molecule has 128 valence electrons. The molecule has 6 heteroatoms. The summed E-state index contributed by atoms with van der Waals surface area (Å²) in [5, 5.41) is 30.7. The SMILES string of the molecule is Cc1cc(C(C#N)c2ccnc(Nc3ccc(C#N)cc3)n2)ccc1C#N. The Balaban J connectivity index is 1.89. The van der Waals surface area contributed by atoms with Crippen molar-refractivity contribution in [2.45, 2.75) is 12.8 Å². The van der Waals surface area contributed by atoms with Gasteiger partial charge < -0.3 is 5.32 Å². The fourth-order valence-electron chi connectivity index (χ4n) is 2.65. The maximum absolute atomic E-state index is 9.66. The van der Waals surface area contributed by atoms with Crippen LogP contribution in [0.15, 0.2) is 54.7 Å². The fourth-order valence-corrected chi connectivity index (χ4v) is 2.65. The summed E-state index contributed by atoms with van der Waals surface area (Å²) in [5.74, 6) is -0.205. The number of anilines is 2. The summed E-state index contributed by atoms with van der Waals surface area (Å²) in [5.41, 5.74) is 4.05. The first-order chi connectivity index (χ1) is 13.1. The first-order valence-corrected chi connectivity index (χ1v) is 8.15. The van der Waals surface area contributed by atoms with E-state index in [-0.39, 0.29) is 0 Å². The minimum atomic E-state index is -0.569. The standard InChI is InChI=1S/C21H14N6/c1-14-10-16(4-5-17(14)12-23)19(13-24)20-8-9-25-21(27-20)26-18-6-2-15(11-22)3-7-18/h2-10,19H,1H3,(H,25,26,27). The predicted molar refractivity (Wildman–Crippen MR) is 99.8 cm³/mol. The summed E-state index contributed by atoms with van der Waals surface area (Å²) in [6.45, 7) is 1.84. The zero-order valence-electron chi connectivity index (χ0n) is 14.5. The van der Waals surface area contributed by atoms with E-state index in [1.807, 2.05) is 13.0 Å². The van der Waals surface area contributed by atoms with Gasteiger partial charge in [-0.2, -0.15) is 15.8 Å². The summed E-state index contributed by atoms with van der Waals surface area (Å²) in [7, 11) is 0. The summed E-state index contributed by atoms with van der Waals surface area (Å²) in [4.78, 5) is 8.65. The Morgan fingerprint density at radius 1 is 0.963 bits per heavy atom. The first-order valence-electron chi connectivity index (χ1n) is 8.15. The van der Waals surface area contributed by atoms with Crippen molar-refractivity contribution in [2.24, 2.45) is 0 Å². The lowest BCUT2D eigenvalue weighted by Gasteiger charge is -2.12. The molecule has 3 aromatic rings. The topological polar surface area (TPSA) is 109 Å². The van der Waals surface area contributed by atoms with E-state index in [9.17, 15) is 5.26 Å². The monoisotopic (exact) mass is 350 g/mol. The Morgan fingerprint density at radius 3 is 2.37 bits per heavy atom. The molecule has 0 aliphatic carbocycles. The fraction of sp³-hybridized carbons (Fsp3) is 0.0952. The van der Waals surface area contributed by atoms with Crippen LogP contribution in [0.25, 0.3) is 0 Å². The molecule has 1 aromatic heterocycles.